The van der Waals surface area contributed by atoms with E-state index in [1.54, 1.807) is 0 Å². The number of anilines is 1. The molecule has 2 rings (SSSR count). The van der Waals surface area contributed by atoms with Gasteiger partial charge in [-0.05, 0) is 42.0 Å². The average Bonchev–Trinajstić information content (AvgIpc) is 2.62. The van der Waals surface area contributed by atoms with Crippen LogP contribution in [-0.4, -0.2) is 6.54 Å². The lowest BCUT2D eigenvalue weighted by Crippen LogP contribution is -1.94. The molecular weight excluding hydrogens is 158 g/mol. The van der Waals surface area contributed by atoms with Gasteiger partial charge in [0.05, 0.1) is 0 Å². The van der Waals surface area contributed by atoms with E-state index in [4.69, 9.17) is 0 Å². The third kappa shape index (κ3) is 1.43. The maximum atomic E-state index is 3.43. The Morgan fingerprint density at radius 3 is 2.54 bits per heavy atom. The predicted octanol–water partition coefficient (Wildman–Crippen LogP) is 2.78. The molecule has 1 N–H and O–H groups in total. The normalized spacial score (nSPS) is 14.0. The third-order valence-electron chi connectivity index (χ3n) is 2.90. The second kappa shape index (κ2) is 3.41. The standard InChI is InChI=1S/C12H17N/c1-3-9-7-11-5-6-13-12(11)8-10(9)4-2/h7-8,13H,3-6H2,1-2H3. The minimum absolute atomic E-state index is 1.12. The predicted molar refractivity (Wildman–Crippen MR) is 57.4 cm³/mol. The van der Waals surface area contributed by atoms with Gasteiger partial charge >= 0.3 is 0 Å². The van der Waals surface area contributed by atoms with Crippen LogP contribution in [0.1, 0.15) is 30.5 Å². The van der Waals surface area contributed by atoms with Gasteiger partial charge in [0.2, 0.25) is 0 Å². The first-order valence-corrected chi connectivity index (χ1v) is 5.23. The van der Waals surface area contributed by atoms with Crippen molar-refractivity contribution in [2.45, 2.75) is 33.1 Å². The molecule has 1 heterocycles. The lowest BCUT2D eigenvalue weighted by molar-refractivity contribution is 1.03. The summed E-state index contributed by atoms with van der Waals surface area (Å²) in [6.07, 6.45) is 3.51. The topological polar surface area (TPSA) is 12.0 Å². The molecule has 1 aromatic rings. The van der Waals surface area contributed by atoms with E-state index in [9.17, 15) is 0 Å². The Morgan fingerprint density at radius 1 is 1.15 bits per heavy atom. The van der Waals surface area contributed by atoms with Crippen LogP contribution in [0.15, 0.2) is 12.1 Å². The van der Waals surface area contributed by atoms with Crippen LogP contribution >= 0.6 is 0 Å². The third-order valence-corrected chi connectivity index (χ3v) is 2.90. The molecular formula is C12H17N. The van der Waals surface area contributed by atoms with Crippen molar-refractivity contribution in [3.05, 3.63) is 28.8 Å². The largest absolute Gasteiger partial charge is 0.384 e. The first-order chi connectivity index (χ1) is 6.35. The molecule has 0 unspecified atom stereocenters. The summed E-state index contributed by atoms with van der Waals surface area (Å²) in [7, 11) is 0. The van der Waals surface area contributed by atoms with Crippen LogP contribution in [0.4, 0.5) is 5.69 Å². The summed E-state index contributed by atoms with van der Waals surface area (Å²) in [5.74, 6) is 0. The van der Waals surface area contributed by atoms with E-state index in [2.05, 4.69) is 31.3 Å². The number of fused-ring (bicyclic) bond motifs is 1. The number of benzene rings is 1. The fourth-order valence-electron chi connectivity index (χ4n) is 2.10. The van der Waals surface area contributed by atoms with Crippen molar-refractivity contribution in [1.82, 2.24) is 0 Å². The van der Waals surface area contributed by atoms with Crippen LogP contribution in [0.25, 0.3) is 0 Å². The monoisotopic (exact) mass is 175 g/mol. The number of hydrogen-bond donors (Lipinski definition) is 1. The van der Waals surface area contributed by atoms with Crippen molar-refractivity contribution in [1.29, 1.82) is 0 Å². The maximum Gasteiger partial charge on any atom is 0.0376 e. The zero-order valence-electron chi connectivity index (χ0n) is 8.48. The number of rotatable bonds is 2. The number of nitrogens with one attached hydrogen (secondary N) is 1. The van der Waals surface area contributed by atoms with Crippen molar-refractivity contribution in [3.8, 4) is 0 Å². The Hall–Kier alpha value is -0.980. The summed E-state index contributed by atoms with van der Waals surface area (Å²) < 4.78 is 0. The summed E-state index contributed by atoms with van der Waals surface area (Å²) in [6.45, 7) is 5.59. The molecule has 0 aliphatic carbocycles. The van der Waals surface area contributed by atoms with Crippen LogP contribution in [0, 0.1) is 0 Å². The fourth-order valence-corrected chi connectivity index (χ4v) is 2.10. The van der Waals surface area contributed by atoms with E-state index in [-0.39, 0.29) is 0 Å². The Morgan fingerprint density at radius 2 is 1.85 bits per heavy atom. The lowest BCUT2D eigenvalue weighted by Gasteiger charge is -2.09. The number of aryl methyl sites for hydroxylation is 2. The molecule has 0 saturated carbocycles. The van der Waals surface area contributed by atoms with E-state index in [1.807, 2.05) is 0 Å². The Kier molecular flexibility index (Phi) is 2.26. The quantitative estimate of drug-likeness (QED) is 0.728. The van der Waals surface area contributed by atoms with E-state index in [1.165, 1.54) is 28.8 Å². The molecule has 13 heavy (non-hydrogen) atoms. The van der Waals surface area contributed by atoms with Crippen molar-refractivity contribution in [2.75, 3.05) is 11.9 Å². The molecule has 0 aromatic heterocycles. The Bertz CT molecular complexity index is 284. The molecule has 0 spiro atoms. The molecule has 1 heteroatoms. The molecule has 0 fully saturated rings. The molecule has 0 amide bonds. The van der Waals surface area contributed by atoms with Gasteiger partial charge < -0.3 is 5.32 Å². The fraction of sp³-hybridized carbons (Fsp3) is 0.500. The van der Waals surface area contributed by atoms with Gasteiger partial charge in [0.15, 0.2) is 0 Å². The molecule has 0 bridgehead atoms. The summed E-state index contributed by atoms with van der Waals surface area (Å²) in [5, 5.41) is 3.43. The molecule has 1 aromatic carbocycles. The van der Waals surface area contributed by atoms with Crippen LogP contribution < -0.4 is 5.32 Å². The maximum absolute atomic E-state index is 3.43. The minimum atomic E-state index is 1.12. The summed E-state index contributed by atoms with van der Waals surface area (Å²) >= 11 is 0. The van der Waals surface area contributed by atoms with E-state index in [0.29, 0.717) is 0 Å². The minimum Gasteiger partial charge on any atom is -0.384 e. The first-order valence-electron chi connectivity index (χ1n) is 5.23. The molecule has 0 saturated heterocycles. The van der Waals surface area contributed by atoms with E-state index >= 15 is 0 Å². The summed E-state index contributed by atoms with van der Waals surface area (Å²) in [5.41, 5.74) is 5.92. The summed E-state index contributed by atoms with van der Waals surface area (Å²) in [4.78, 5) is 0. The highest BCUT2D eigenvalue weighted by molar-refractivity contribution is 5.59. The lowest BCUT2D eigenvalue weighted by atomic mass is 9.98. The highest BCUT2D eigenvalue weighted by Gasteiger charge is 2.12. The van der Waals surface area contributed by atoms with Gasteiger partial charge in [0.1, 0.15) is 0 Å². The molecule has 1 nitrogen and oxygen atoms in total. The van der Waals surface area contributed by atoms with Gasteiger partial charge in [-0.25, -0.2) is 0 Å². The summed E-state index contributed by atoms with van der Waals surface area (Å²) in [6, 6.07) is 4.72. The van der Waals surface area contributed by atoms with Crippen molar-refractivity contribution in [2.24, 2.45) is 0 Å². The van der Waals surface area contributed by atoms with Gasteiger partial charge in [-0.15, -0.1) is 0 Å². The zero-order chi connectivity index (χ0) is 9.26. The average molecular weight is 175 g/mol. The number of hydrogen-bond acceptors (Lipinski definition) is 1. The highest BCUT2D eigenvalue weighted by atomic mass is 14.9. The molecule has 0 radical (unpaired) electrons. The SMILES string of the molecule is CCc1cc2c(cc1CC)NCC2. The zero-order valence-corrected chi connectivity index (χ0v) is 8.48. The Balaban J connectivity index is 2.47. The molecule has 1 aliphatic heterocycles. The van der Waals surface area contributed by atoms with Gasteiger partial charge in [-0.2, -0.15) is 0 Å². The van der Waals surface area contributed by atoms with Crippen molar-refractivity contribution < 1.29 is 0 Å². The van der Waals surface area contributed by atoms with Gasteiger partial charge in [0.25, 0.3) is 0 Å². The first kappa shape index (κ1) is 8.61. The highest BCUT2D eigenvalue weighted by Crippen LogP contribution is 2.26. The van der Waals surface area contributed by atoms with Gasteiger partial charge in [-0.1, -0.05) is 19.9 Å². The van der Waals surface area contributed by atoms with Gasteiger partial charge in [0, 0.05) is 12.2 Å². The second-order valence-electron chi connectivity index (χ2n) is 3.66. The van der Waals surface area contributed by atoms with E-state index < -0.39 is 0 Å². The smallest absolute Gasteiger partial charge is 0.0376 e. The van der Waals surface area contributed by atoms with Crippen molar-refractivity contribution >= 4 is 5.69 Å². The van der Waals surface area contributed by atoms with Crippen LogP contribution in [0.2, 0.25) is 0 Å². The second-order valence-corrected chi connectivity index (χ2v) is 3.66. The van der Waals surface area contributed by atoms with Crippen molar-refractivity contribution in [3.63, 3.8) is 0 Å². The molecule has 0 atom stereocenters. The van der Waals surface area contributed by atoms with E-state index in [0.717, 1.165) is 19.4 Å². The van der Waals surface area contributed by atoms with Gasteiger partial charge in [-0.3, -0.25) is 0 Å². The molecule has 1 aliphatic rings. The van der Waals surface area contributed by atoms with Crippen LogP contribution in [-0.2, 0) is 19.3 Å². The van der Waals surface area contributed by atoms with Crippen LogP contribution in [0.5, 0.6) is 0 Å². The Labute approximate surface area is 80.2 Å². The molecule has 70 valence electrons. The van der Waals surface area contributed by atoms with Crippen LogP contribution in [0.3, 0.4) is 0 Å².